The van der Waals surface area contributed by atoms with Crippen molar-refractivity contribution in [3.63, 3.8) is 0 Å². The summed E-state index contributed by atoms with van der Waals surface area (Å²) in [6.07, 6.45) is 2.00. The predicted molar refractivity (Wildman–Crippen MR) is 87.2 cm³/mol. The van der Waals surface area contributed by atoms with E-state index in [9.17, 15) is 4.79 Å². The maximum absolute atomic E-state index is 12.5. The first-order chi connectivity index (χ1) is 10.2. The highest BCUT2D eigenvalue weighted by atomic mass is 35.5. The summed E-state index contributed by atoms with van der Waals surface area (Å²) >= 11 is 5.85. The van der Waals surface area contributed by atoms with Crippen LogP contribution in [0.2, 0.25) is 0 Å². The van der Waals surface area contributed by atoms with Crippen molar-refractivity contribution in [3.05, 3.63) is 52.3 Å². The third kappa shape index (κ3) is 3.48. The van der Waals surface area contributed by atoms with Crippen LogP contribution < -0.4 is 10.3 Å². The Labute approximate surface area is 130 Å². The van der Waals surface area contributed by atoms with Gasteiger partial charge in [0.1, 0.15) is 5.75 Å². The molecule has 0 fully saturated rings. The SMILES string of the molecule is CCCCn1c(-c2cccc(OC)c2)ccc(CCl)c1=O. The molecular weight excluding hydrogens is 286 g/mol. The molecule has 0 aliphatic heterocycles. The molecule has 0 saturated carbocycles. The fourth-order valence-corrected chi connectivity index (χ4v) is 2.50. The van der Waals surface area contributed by atoms with Crippen LogP contribution in [0, 0.1) is 0 Å². The van der Waals surface area contributed by atoms with Gasteiger partial charge in [0.25, 0.3) is 5.56 Å². The zero-order chi connectivity index (χ0) is 15.2. The average molecular weight is 306 g/mol. The van der Waals surface area contributed by atoms with Gasteiger partial charge in [0.05, 0.1) is 18.7 Å². The van der Waals surface area contributed by atoms with E-state index < -0.39 is 0 Å². The number of methoxy groups -OCH3 is 1. The first kappa shape index (κ1) is 15.6. The van der Waals surface area contributed by atoms with Crippen LogP contribution >= 0.6 is 11.6 Å². The smallest absolute Gasteiger partial charge is 0.255 e. The summed E-state index contributed by atoms with van der Waals surface area (Å²) in [6.45, 7) is 2.81. The number of nitrogens with zero attached hydrogens (tertiary/aromatic N) is 1. The molecule has 112 valence electrons. The second kappa shape index (κ2) is 7.32. The minimum absolute atomic E-state index is 0.00114. The van der Waals surface area contributed by atoms with Gasteiger partial charge in [-0.25, -0.2) is 0 Å². The Kier molecular flexibility index (Phi) is 5.45. The number of ether oxygens (including phenoxy) is 1. The second-order valence-electron chi connectivity index (χ2n) is 4.92. The third-order valence-electron chi connectivity index (χ3n) is 3.50. The minimum Gasteiger partial charge on any atom is -0.497 e. The summed E-state index contributed by atoms with van der Waals surface area (Å²) < 4.78 is 7.08. The number of hydrogen-bond donors (Lipinski definition) is 0. The van der Waals surface area contributed by atoms with E-state index in [-0.39, 0.29) is 11.4 Å². The highest BCUT2D eigenvalue weighted by Crippen LogP contribution is 2.23. The van der Waals surface area contributed by atoms with Gasteiger partial charge in [-0.1, -0.05) is 31.5 Å². The Hall–Kier alpha value is -1.74. The quantitative estimate of drug-likeness (QED) is 0.754. The van der Waals surface area contributed by atoms with E-state index in [1.165, 1.54) is 0 Å². The van der Waals surface area contributed by atoms with E-state index >= 15 is 0 Å². The molecule has 2 aromatic rings. The van der Waals surface area contributed by atoms with Crippen LogP contribution in [0.3, 0.4) is 0 Å². The van der Waals surface area contributed by atoms with E-state index in [1.54, 1.807) is 7.11 Å². The molecule has 0 aliphatic carbocycles. The van der Waals surface area contributed by atoms with Gasteiger partial charge in [-0.05, 0) is 24.6 Å². The lowest BCUT2D eigenvalue weighted by atomic mass is 10.1. The molecule has 0 atom stereocenters. The zero-order valence-corrected chi connectivity index (χ0v) is 13.2. The third-order valence-corrected chi connectivity index (χ3v) is 3.79. The van der Waals surface area contributed by atoms with Crippen LogP contribution in [-0.4, -0.2) is 11.7 Å². The largest absolute Gasteiger partial charge is 0.497 e. The number of alkyl halides is 1. The van der Waals surface area contributed by atoms with Crippen molar-refractivity contribution in [1.29, 1.82) is 0 Å². The molecule has 0 aliphatic rings. The molecule has 4 heteroatoms. The lowest BCUT2D eigenvalue weighted by Gasteiger charge is -2.14. The molecule has 21 heavy (non-hydrogen) atoms. The molecule has 1 aromatic heterocycles. The van der Waals surface area contributed by atoms with Crippen molar-refractivity contribution >= 4 is 11.6 Å². The molecule has 0 bridgehead atoms. The highest BCUT2D eigenvalue weighted by Gasteiger charge is 2.10. The predicted octanol–water partition coefficient (Wildman–Crippen LogP) is 4.06. The molecule has 0 saturated heterocycles. The van der Waals surface area contributed by atoms with Gasteiger partial charge in [-0.15, -0.1) is 11.6 Å². The van der Waals surface area contributed by atoms with Crippen molar-refractivity contribution < 1.29 is 4.74 Å². The van der Waals surface area contributed by atoms with Gasteiger partial charge in [-0.3, -0.25) is 4.79 Å². The van der Waals surface area contributed by atoms with E-state index in [1.807, 2.05) is 41.0 Å². The summed E-state index contributed by atoms with van der Waals surface area (Å²) in [5, 5.41) is 0. The number of pyridine rings is 1. The Morgan fingerprint density at radius 3 is 2.71 bits per heavy atom. The van der Waals surface area contributed by atoms with Crippen molar-refractivity contribution in [3.8, 4) is 17.0 Å². The van der Waals surface area contributed by atoms with Crippen LogP contribution in [0.25, 0.3) is 11.3 Å². The fraction of sp³-hybridized carbons (Fsp3) is 0.353. The standard InChI is InChI=1S/C17H20ClNO2/c1-3-4-10-19-16(9-8-14(12-18)17(19)20)13-6-5-7-15(11-13)21-2/h5-9,11H,3-4,10,12H2,1-2H3. The maximum Gasteiger partial charge on any atom is 0.255 e. The monoisotopic (exact) mass is 305 g/mol. The fourth-order valence-electron chi connectivity index (χ4n) is 2.30. The Morgan fingerprint density at radius 2 is 2.05 bits per heavy atom. The summed E-state index contributed by atoms with van der Waals surface area (Å²) in [5.41, 5.74) is 2.52. The van der Waals surface area contributed by atoms with Gasteiger partial charge < -0.3 is 9.30 Å². The van der Waals surface area contributed by atoms with Gasteiger partial charge in [0.15, 0.2) is 0 Å². The molecule has 1 aromatic carbocycles. The topological polar surface area (TPSA) is 31.2 Å². The molecule has 0 amide bonds. The summed E-state index contributed by atoms with van der Waals surface area (Å²) in [4.78, 5) is 12.5. The highest BCUT2D eigenvalue weighted by molar-refractivity contribution is 6.17. The van der Waals surface area contributed by atoms with Crippen LogP contribution in [0.4, 0.5) is 0 Å². The number of benzene rings is 1. The first-order valence-corrected chi connectivity index (χ1v) is 7.67. The van der Waals surface area contributed by atoms with Crippen molar-refractivity contribution in [2.75, 3.05) is 7.11 Å². The Balaban J connectivity index is 2.55. The number of rotatable bonds is 6. The molecule has 0 N–H and O–H groups in total. The second-order valence-corrected chi connectivity index (χ2v) is 5.19. The molecule has 3 nitrogen and oxygen atoms in total. The average Bonchev–Trinajstić information content (AvgIpc) is 2.53. The number of hydrogen-bond acceptors (Lipinski definition) is 2. The summed E-state index contributed by atoms with van der Waals surface area (Å²) in [5.74, 6) is 1.02. The van der Waals surface area contributed by atoms with Crippen molar-refractivity contribution in [2.45, 2.75) is 32.2 Å². The van der Waals surface area contributed by atoms with Crippen molar-refractivity contribution in [1.82, 2.24) is 4.57 Å². The molecule has 2 rings (SSSR count). The molecule has 1 heterocycles. The van der Waals surface area contributed by atoms with Gasteiger partial charge in [-0.2, -0.15) is 0 Å². The maximum atomic E-state index is 12.5. The zero-order valence-electron chi connectivity index (χ0n) is 12.4. The van der Waals surface area contributed by atoms with Crippen LogP contribution in [0.15, 0.2) is 41.2 Å². The minimum atomic E-state index is -0.00114. The van der Waals surface area contributed by atoms with Gasteiger partial charge >= 0.3 is 0 Å². The Morgan fingerprint density at radius 1 is 1.24 bits per heavy atom. The van der Waals surface area contributed by atoms with E-state index in [4.69, 9.17) is 16.3 Å². The summed E-state index contributed by atoms with van der Waals surface area (Å²) in [7, 11) is 1.64. The lowest BCUT2D eigenvalue weighted by Crippen LogP contribution is -2.24. The van der Waals surface area contributed by atoms with Gasteiger partial charge in [0, 0.05) is 17.7 Å². The van der Waals surface area contributed by atoms with Gasteiger partial charge in [0.2, 0.25) is 0 Å². The number of aromatic nitrogens is 1. The lowest BCUT2D eigenvalue weighted by molar-refractivity contribution is 0.415. The van der Waals surface area contributed by atoms with Crippen LogP contribution in [0.1, 0.15) is 25.3 Å². The molecular formula is C17H20ClNO2. The number of unbranched alkanes of at least 4 members (excludes halogenated alkanes) is 1. The molecule has 0 spiro atoms. The first-order valence-electron chi connectivity index (χ1n) is 7.14. The van der Waals surface area contributed by atoms with Crippen LogP contribution in [0.5, 0.6) is 5.75 Å². The van der Waals surface area contributed by atoms with E-state index in [2.05, 4.69) is 6.92 Å². The van der Waals surface area contributed by atoms with Crippen LogP contribution in [-0.2, 0) is 12.4 Å². The van der Waals surface area contributed by atoms with E-state index in [0.717, 1.165) is 29.8 Å². The summed E-state index contributed by atoms with van der Waals surface area (Å²) in [6, 6.07) is 11.5. The normalized spacial score (nSPS) is 10.6. The van der Waals surface area contributed by atoms with Crippen molar-refractivity contribution in [2.24, 2.45) is 0 Å². The van der Waals surface area contributed by atoms with E-state index in [0.29, 0.717) is 12.1 Å². The number of halogens is 1. The molecule has 0 radical (unpaired) electrons. The molecule has 0 unspecified atom stereocenters. The Bertz CT molecular complexity index is 664.